The number of benzene rings is 3. The molecule has 1 heterocycles. The van der Waals surface area contributed by atoms with E-state index < -0.39 is 30.2 Å². The monoisotopic (exact) mass is 534 g/mol. The van der Waals surface area contributed by atoms with Gasteiger partial charge in [0.15, 0.2) is 0 Å². The van der Waals surface area contributed by atoms with Crippen LogP contribution in [-0.4, -0.2) is 25.0 Å². The molecule has 3 aromatic rings. The lowest BCUT2D eigenvalue weighted by Gasteiger charge is -2.24. The summed E-state index contributed by atoms with van der Waals surface area (Å²) in [7, 11) is 0. The van der Waals surface area contributed by atoms with E-state index in [2.05, 4.69) is 10.5 Å². The summed E-state index contributed by atoms with van der Waals surface area (Å²) in [6.07, 6.45) is 0.309. The van der Waals surface area contributed by atoms with Gasteiger partial charge in [-0.3, -0.25) is 9.59 Å². The third kappa shape index (κ3) is 5.63. The van der Waals surface area contributed by atoms with E-state index in [9.17, 15) is 23.3 Å². The SMILES string of the molecule is O=NC(=O)C1CCOc2cc(Oc3ccc(C(=O)NCC(F)(F)c4ccc(Cl)cc4)cc3)c(Cl)cc21. The normalized spacial score (nSPS) is 14.8. The molecule has 1 aliphatic heterocycles. The number of rotatable bonds is 7. The summed E-state index contributed by atoms with van der Waals surface area (Å²) in [6.45, 7) is -0.666. The molecule has 1 aliphatic rings. The molecule has 0 saturated carbocycles. The first kappa shape index (κ1) is 25.5. The van der Waals surface area contributed by atoms with Crippen LogP contribution in [0.1, 0.15) is 33.8 Å². The maximum absolute atomic E-state index is 14.4. The van der Waals surface area contributed by atoms with Crippen LogP contribution in [0, 0.1) is 4.91 Å². The fraction of sp³-hybridized carbons (Fsp3) is 0.200. The number of nitroso groups, excluding NO2 is 1. The largest absolute Gasteiger partial charge is 0.493 e. The minimum Gasteiger partial charge on any atom is -0.493 e. The van der Waals surface area contributed by atoms with E-state index in [1.54, 1.807) is 0 Å². The van der Waals surface area contributed by atoms with Crippen LogP contribution >= 0.6 is 23.2 Å². The fourth-order valence-electron chi connectivity index (χ4n) is 3.68. The highest BCUT2D eigenvalue weighted by atomic mass is 35.5. The van der Waals surface area contributed by atoms with Gasteiger partial charge in [0.1, 0.15) is 17.2 Å². The Bertz CT molecular complexity index is 1300. The molecule has 0 aromatic heterocycles. The molecule has 1 atom stereocenters. The smallest absolute Gasteiger partial charge is 0.294 e. The second-order valence-corrected chi connectivity index (χ2v) is 8.80. The standard InChI is InChI=1S/C25H18Cl2F2N2O5/c26-16-5-3-15(4-6-16)25(28,29)13-30-23(32)14-1-7-17(8-2-14)36-22-12-21-19(11-20(22)27)18(9-10-35-21)24(33)31-34/h1-8,11-12,18H,9-10,13H2,(H,30,32). The van der Waals surface area contributed by atoms with E-state index in [4.69, 9.17) is 32.7 Å². The number of carbonyl (C=O) groups excluding carboxylic acids is 2. The highest BCUT2D eigenvalue weighted by molar-refractivity contribution is 6.32. The van der Waals surface area contributed by atoms with Gasteiger partial charge in [-0.1, -0.05) is 35.3 Å². The average Bonchev–Trinajstić information content (AvgIpc) is 2.87. The number of amides is 2. The molecule has 2 amide bonds. The van der Waals surface area contributed by atoms with Gasteiger partial charge in [-0.15, -0.1) is 4.91 Å². The van der Waals surface area contributed by atoms with Crippen molar-refractivity contribution in [2.24, 2.45) is 5.18 Å². The number of hydrogen-bond acceptors (Lipinski definition) is 5. The Morgan fingerprint density at radius 1 is 1.08 bits per heavy atom. The van der Waals surface area contributed by atoms with Gasteiger partial charge < -0.3 is 14.8 Å². The molecule has 36 heavy (non-hydrogen) atoms. The number of alkyl halides is 2. The van der Waals surface area contributed by atoms with Crippen molar-refractivity contribution in [3.8, 4) is 17.2 Å². The summed E-state index contributed by atoms with van der Waals surface area (Å²) >= 11 is 12.0. The van der Waals surface area contributed by atoms with Crippen LogP contribution in [0.15, 0.2) is 65.8 Å². The fourth-order valence-corrected chi connectivity index (χ4v) is 4.02. The molecule has 7 nitrogen and oxygen atoms in total. The first-order valence-electron chi connectivity index (χ1n) is 10.7. The number of nitrogens with one attached hydrogen (secondary N) is 1. The molecule has 186 valence electrons. The van der Waals surface area contributed by atoms with Crippen molar-refractivity contribution in [2.75, 3.05) is 13.2 Å². The van der Waals surface area contributed by atoms with E-state index in [1.165, 1.54) is 60.7 Å². The van der Waals surface area contributed by atoms with Gasteiger partial charge in [-0.2, -0.15) is 8.78 Å². The van der Waals surface area contributed by atoms with Gasteiger partial charge in [-0.05, 0) is 48.9 Å². The lowest BCUT2D eigenvalue weighted by atomic mass is 9.92. The summed E-state index contributed by atoms with van der Waals surface area (Å²) in [4.78, 5) is 34.9. The highest BCUT2D eigenvalue weighted by Crippen LogP contribution is 2.42. The minimum atomic E-state index is -3.28. The molecule has 0 fully saturated rings. The number of carbonyl (C=O) groups is 2. The van der Waals surface area contributed by atoms with Crippen molar-refractivity contribution < 1.29 is 27.8 Å². The molecular weight excluding hydrogens is 517 g/mol. The Labute approximate surface area is 214 Å². The van der Waals surface area contributed by atoms with Gasteiger partial charge in [0.05, 0.1) is 24.1 Å². The van der Waals surface area contributed by atoms with E-state index >= 15 is 0 Å². The number of ether oxygens (including phenoxy) is 2. The average molecular weight is 535 g/mol. The van der Waals surface area contributed by atoms with Crippen LogP contribution in [0.25, 0.3) is 0 Å². The molecule has 0 bridgehead atoms. The second kappa shape index (κ2) is 10.6. The zero-order valence-corrected chi connectivity index (χ0v) is 20.0. The number of hydrogen-bond donors (Lipinski definition) is 1. The van der Waals surface area contributed by atoms with E-state index in [-0.39, 0.29) is 28.5 Å². The molecule has 1 unspecified atom stereocenters. The summed E-state index contributed by atoms with van der Waals surface area (Å²) in [6, 6.07) is 13.9. The second-order valence-electron chi connectivity index (χ2n) is 7.96. The molecule has 0 spiro atoms. The lowest BCUT2D eigenvalue weighted by Crippen LogP contribution is -2.34. The summed E-state index contributed by atoms with van der Waals surface area (Å²) in [5.74, 6) is -4.61. The molecule has 0 radical (unpaired) electrons. The molecule has 11 heteroatoms. The van der Waals surface area contributed by atoms with E-state index in [0.29, 0.717) is 28.5 Å². The lowest BCUT2D eigenvalue weighted by molar-refractivity contribution is -0.120. The van der Waals surface area contributed by atoms with E-state index in [1.807, 2.05) is 0 Å². The Kier molecular flexibility index (Phi) is 7.51. The number of fused-ring (bicyclic) bond motifs is 1. The zero-order valence-electron chi connectivity index (χ0n) is 18.5. The summed E-state index contributed by atoms with van der Waals surface area (Å²) < 4.78 is 40.1. The Hall–Kier alpha value is -3.56. The topological polar surface area (TPSA) is 94.1 Å². The van der Waals surface area contributed by atoms with Gasteiger partial charge >= 0.3 is 0 Å². The van der Waals surface area contributed by atoms with Crippen molar-refractivity contribution >= 4 is 35.0 Å². The molecule has 4 rings (SSSR count). The third-order valence-electron chi connectivity index (χ3n) is 5.57. The van der Waals surface area contributed by atoms with Crippen molar-refractivity contribution in [2.45, 2.75) is 18.3 Å². The molecule has 0 saturated heterocycles. The van der Waals surface area contributed by atoms with Gasteiger partial charge in [0.2, 0.25) is 0 Å². The van der Waals surface area contributed by atoms with E-state index in [0.717, 1.165) is 0 Å². The third-order valence-corrected chi connectivity index (χ3v) is 6.12. The van der Waals surface area contributed by atoms with Crippen molar-refractivity contribution in [3.63, 3.8) is 0 Å². The van der Waals surface area contributed by atoms with Crippen LogP contribution in [0.3, 0.4) is 0 Å². The van der Waals surface area contributed by atoms with Crippen molar-refractivity contribution in [3.05, 3.63) is 92.3 Å². The maximum atomic E-state index is 14.4. The Morgan fingerprint density at radius 3 is 2.44 bits per heavy atom. The number of halogens is 4. The van der Waals surface area contributed by atoms with Crippen molar-refractivity contribution in [1.82, 2.24) is 5.32 Å². The maximum Gasteiger partial charge on any atom is 0.294 e. The molecule has 3 aromatic carbocycles. The zero-order chi connectivity index (χ0) is 25.9. The highest BCUT2D eigenvalue weighted by Gasteiger charge is 2.32. The van der Waals surface area contributed by atoms with Crippen LogP contribution in [0.2, 0.25) is 10.0 Å². The number of nitrogens with zero attached hydrogens (tertiary/aromatic N) is 1. The first-order valence-corrected chi connectivity index (χ1v) is 11.5. The minimum absolute atomic E-state index is 0.150. The predicted octanol–water partition coefficient (Wildman–Crippen LogP) is 6.47. The van der Waals surface area contributed by atoms with Crippen LogP contribution in [0.5, 0.6) is 17.2 Å². The summed E-state index contributed by atoms with van der Waals surface area (Å²) in [5, 5.41) is 5.23. The van der Waals surface area contributed by atoms with Gasteiger partial charge in [-0.25, -0.2) is 0 Å². The molecule has 1 N–H and O–H groups in total. The Balaban J connectivity index is 1.42. The molecule has 0 aliphatic carbocycles. The predicted molar refractivity (Wildman–Crippen MR) is 129 cm³/mol. The Morgan fingerprint density at radius 2 is 1.78 bits per heavy atom. The van der Waals surface area contributed by atoms with Crippen LogP contribution in [0.4, 0.5) is 8.78 Å². The quantitative estimate of drug-likeness (QED) is 0.350. The van der Waals surface area contributed by atoms with Crippen LogP contribution in [-0.2, 0) is 10.7 Å². The molecular formula is C25H18Cl2F2N2O5. The van der Waals surface area contributed by atoms with Gasteiger partial charge in [0, 0.05) is 33.0 Å². The first-order chi connectivity index (χ1) is 17.2. The van der Waals surface area contributed by atoms with Gasteiger partial charge in [0.25, 0.3) is 17.7 Å². The summed E-state index contributed by atoms with van der Waals surface area (Å²) in [5.41, 5.74) is 0.336. The van der Waals surface area contributed by atoms with Crippen molar-refractivity contribution in [1.29, 1.82) is 0 Å². The van der Waals surface area contributed by atoms with Crippen LogP contribution < -0.4 is 14.8 Å².